The highest BCUT2D eigenvalue weighted by molar-refractivity contribution is 5.98. The third kappa shape index (κ3) is 6.60. The van der Waals surface area contributed by atoms with E-state index in [-0.39, 0.29) is 11.3 Å². The summed E-state index contributed by atoms with van der Waals surface area (Å²) in [7, 11) is 0. The van der Waals surface area contributed by atoms with Crippen LogP contribution in [0.2, 0.25) is 0 Å². The van der Waals surface area contributed by atoms with Crippen molar-refractivity contribution in [1.29, 1.82) is 0 Å². The summed E-state index contributed by atoms with van der Waals surface area (Å²) in [6.45, 7) is 2.78. The Kier molecular flexibility index (Phi) is 6.93. The molecule has 1 atom stereocenters. The number of halogens is 3. The van der Waals surface area contributed by atoms with Gasteiger partial charge in [-0.2, -0.15) is 13.2 Å². The predicted octanol–water partition coefficient (Wildman–Crippen LogP) is 4.49. The van der Waals surface area contributed by atoms with Crippen molar-refractivity contribution in [3.05, 3.63) is 71.3 Å². The molecule has 152 valence electrons. The number of nitrogens with one attached hydrogen (secondary N) is 1. The average molecular weight is 405 g/mol. The highest BCUT2D eigenvalue weighted by atomic mass is 19.4. The fourth-order valence-electron chi connectivity index (χ4n) is 2.28. The molecular formula is C21H18F3NO4. The number of carbonyl (C=O) groups is 3. The van der Waals surface area contributed by atoms with Crippen LogP contribution in [0.3, 0.4) is 0 Å². The van der Waals surface area contributed by atoms with Gasteiger partial charge in [0.15, 0.2) is 11.9 Å². The number of hydrogen-bond acceptors (Lipinski definition) is 4. The molecule has 0 unspecified atom stereocenters. The standard InChI is InChI=1S/C21H18F3NO4/c1-13(26)16-7-9-18(10-8-16)25-20(28)14(2)29-19(27)11-6-15-4-3-5-17(12-15)21(22,23)24/h3-12,14H,1-2H3,(H,25,28)/b11-6+/t14-/m0/s1. The van der Waals surface area contributed by atoms with E-state index in [2.05, 4.69) is 5.32 Å². The van der Waals surface area contributed by atoms with Gasteiger partial charge in [0.05, 0.1) is 5.56 Å². The van der Waals surface area contributed by atoms with E-state index in [0.717, 1.165) is 18.2 Å². The van der Waals surface area contributed by atoms with Gasteiger partial charge in [0.2, 0.25) is 0 Å². The lowest BCUT2D eigenvalue weighted by Gasteiger charge is -2.12. The SMILES string of the molecule is CC(=O)c1ccc(NC(=O)[C@H](C)OC(=O)/C=C/c2cccc(C(F)(F)F)c2)cc1. The molecule has 8 heteroatoms. The number of benzene rings is 2. The first kappa shape index (κ1) is 21.9. The van der Waals surface area contributed by atoms with E-state index >= 15 is 0 Å². The maximum atomic E-state index is 12.7. The summed E-state index contributed by atoms with van der Waals surface area (Å²) in [5.74, 6) is -1.59. The van der Waals surface area contributed by atoms with Crippen molar-refractivity contribution < 1.29 is 32.3 Å². The zero-order chi connectivity index (χ0) is 21.6. The molecular weight excluding hydrogens is 387 g/mol. The zero-order valence-corrected chi connectivity index (χ0v) is 15.6. The Morgan fingerprint density at radius 3 is 2.31 bits per heavy atom. The molecule has 29 heavy (non-hydrogen) atoms. The Bertz CT molecular complexity index is 934. The van der Waals surface area contributed by atoms with E-state index in [1.165, 1.54) is 44.2 Å². The number of Topliss-reactive ketones (excluding diaryl/α,β-unsaturated/α-hetero) is 1. The van der Waals surface area contributed by atoms with E-state index < -0.39 is 29.7 Å². The van der Waals surface area contributed by atoms with E-state index in [1.807, 2.05) is 0 Å². The summed E-state index contributed by atoms with van der Waals surface area (Å²) in [5, 5.41) is 2.53. The van der Waals surface area contributed by atoms with Gasteiger partial charge in [-0.15, -0.1) is 0 Å². The second kappa shape index (κ2) is 9.18. The normalized spacial score (nSPS) is 12.4. The van der Waals surface area contributed by atoms with Crippen molar-refractivity contribution in [3.63, 3.8) is 0 Å². The smallest absolute Gasteiger partial charge is 0.416 e. The van der Waals surface area contributed by atoms with Crippen LogP contribution in [0.1, 0.15) is 35.3 Å². The molecule has 0 bridgehead atoms. The van der Waals surface area contributed by atoms with Gasteiger partial charge in [0.25, 0.3) is 5.91 Å². The maximum Gasteiger partial charge on any atom is 0.416 e. The number of ketones is 1. The number of hydrogen-bond donors (Lipinski definition) is 1. The van der Waals surface area contributed by atoms with Crippen molar-refractivity contribution in [2.24, 2.45) is 0 Å². The van der Waals surface area contributed by atoms with Crippen molar-refractivity contribution >= 4 is 29.4 Å². The second-order valence-electron chi connectivity index (χ2n) is 6.16. The maximum absolute atomic E-state index is 12.7. The van der Waals surface area contributed by atoms with Crippen molar-refractivity contribution in [1.82, 2.24) is 0 Å². The van der Waals surface area contributed by atoms with Crippen LogP contribution in [0.25, 0.3) is 6.08 Å². The van der Waals surface area contributed by atoms with Crippen molar-refractivity contribution in [3.8, 4) is 0 Å². The van der Waals surface area contributed by atoms with Crippen LogP contribution in [-0.4, -0.2) is 23.8 Å². The Hall–Kier alpha value is -3.42. The zero-order valence-electron chi connectivity index (χ0n) is 15.6. The molecule has 2 rings (SSSR count). The summed E-state index contributed by atoms with van der Waals surface area (Å²) < 4.78 is 43.0. The monoisotopic (exact) mass is 405 g/mol. The Morgan fingerprint density at radius 2 is 1.72 bits per heavy atom. The Labute approximate surface area is 165 Å². The summed E-state index contributed by atoms with van der Waals surface area (Å²) in [5.41, 5.74) is 0.237. The third-order valence-electron chi connectivity index (χ3n) is 3.85. The second-order valence-corrected chi connectivity index (χ2v) is 6.16. The molecule has 0 aliphatic rings. The minimum absolute atomic E-state index is 0.113. The summed E-state index contributed by atoms with van der Waals surface area (Å²) in [4.78, 5) is 35.2. The molecule has 0 saturated carbocycles. The molecule has 5 nitrogen and oxygen atoms in total. The van der Waals surface area contributed by atoms with Crippen LogP contribution in [-0.2, 0) is 20.5 Å². The summed E-state index contributed by atoms with van der Waals surface area (Å²) in [6.07, 6.45) is -3.51. The van der Waals surface area contributed by atoms with E-state index in [1.54, 1.807) is 12.1 Å². The summed E-state index contributed by atoms with van der Waals surface area (Å²) in [6, 6.07) is 10.6. The number of ether oxygens (including phenoxy) is 1. The number of anilines is 1. The number of carbonyl (C=O) groups excluding carboxylic acids is 3. The van der Waals surface area contributed by atoms with Gasteiger partial charge in [-0.1, -0.05) is 12.1 Å². The first-order valence-corrected chi connectivity index (χ1v) is 8.54. The summed E-state index contributed by atoms with van der Waals surface area (Å²) >= 11 is 0. The predicted molar refractivity (Wildman–Crippen MR) is 101 cm³/mol. The molecule has 2 aromatic rings. The van der Waals surface area contributed by atoms with Crippen LogP contribution in [0.5, 0.6) is 0 Å². The van der Waals surface area contributed by atoms with Gasteiger partial charge in [0, 0.05) is 17.3 Å². The molecule has 0 heterocycles. The van der Waals surface area contributed by atoms with Gasteiger partial charge in [-0.25, -0.2) is 4.79 Å². The van der Waals surface area contributed by atoms with E-state index in [9.17, 15) is 27.6 Å². The lowest BCUT2D eigenvalue weighted by molar-refractivity contribution is -0.148. The van der Waals surface area contributed by atoms with E-state index in [4.69, 9.17) is 4.74 Å². The molecule has 1 N–H and O–H groups in total. The average Bonchev–Trinajstić information content (AvgIpc) is 2.66. The van der Waals surface area contributed by atoms with Crippen LogP contribution in [0, 0.1) is 0 Å². The van der Waals surface area contributed by atoms with Crippen LogP contribution in [0.15, 0.2) is 54.6 Å². The number of amides is 1. The highest BCUT2D eigenvalue weighted by Gasteiger charge is 2.30. The minimum atomic E-state index is -4.49. The molecule has 0 fully saturated rings. The fraction of sp³-hybridized carbons (Fsp3) is 0.190. The van der Waals surface area contributed by atoms with Crippen LogP contribution >= 0.6 is 0 Å². The number of alkyl halides is 3. The van der Waals surface area contributed by atoms with Crippen molar-refractivity contribution in [2.45, 2.75) is 26.1 Å². The first-order valence-electron chi connectivity index (χ1n) is 8.54. The fourth-order valence-corrected chi connectivity index (χ4v) is 2.28. The van der Waals surface area contributed by atoms with Crippen LogP contribution in [0.4, 0.5) is 18.9 Å². The highest BCUT2D eigenvalue weighted by Crippen LogP contribution is 2.29. The first-order chi connectivity index (χ1) is 13.6. The molecule has 0 aliphatic heterocycles. The van der Waals surface area contributed by atoms with Crippen LogP contribution < -0.4 is 5.32 Å². The minimum Gasteiger partial charge on any atom is -0.449 e. The quantitative estimate of drug-likeness (QED) is 0.437. The van der Waals surface area contributed by atoms with Gasteiger partial charge in [0.1, 0.15) is 0 Å². The number of esters is 1. The molecule has 2 aromatic carbocycles. The largest absolute Gasteiger partial charge is 0.449 e. The Morgan fingerprint density at radius 1 is 1.07 bits per heavy atom. The molecule has 0 radical (unpaired) electrons. The molecule has 0 aromatic heterocycles. The Balaban J connectivity index is 1.93. The van der Waals surface area contributed by atoms with Gasteiger partial charge < -0.3 is 10.1 Å². The van der Waals surface area contributed by atoms with Crippen molar-refractivity contribution in [2.75, 3.05) is 5.32 Å². The topological polar surface area (TPSA) is 72.5 Å². The number of rotatable bonds is 6. The molecule has 0 saturated heterocycles. The third-order valence-corrected chi connectivity index (χ3v) is 3.85. The van der Waals surface area contributed by atoms with E-state index in [0.29, 0.717) is 11.3 Å². The van der Waals surface area contributed by atoms with Gasteiger partial charge >= 0.3 is 12.1 Å². The lowest BCUT2D eigenvalue weighted by Crippen LogP contribution is -2.29. The van der Waals surface area contributed by atoms with Gasteiger partial charge in [-0.3, -0.25) is 9.59 Å². The lowest BCUT2D eigenvalue weighted by atomic mass is 10.1. The molecule has 0 spiro atoms. The molecule has 1 amide bonds. The van der Waals surface area contributed by atoms with Gasteiger partial charge in [-0.05, 0) is 61.9 Å². The molecule has 0 aliphatic carbocycles.